The summed E-state index contributed by atoms with van der Waals surface area (Å²) in [7, 11) is 0. The van der Waals surface area contributed by atoms with Crippen molar-refractivity contribution >= 4 is 34.6 Å². The standard InChI is InChI=1S/C19H20ClFN4O3/c1-13(19(26)22-17-7-6-14(25(27)28)12-15(17)20)23-8-10-24(11-9-23)18-5-3-2-4-16(18)21/h2-7,12-13H,8-11H2,1H3,(H,22,26)/p+1/t13-/m1/s1. The zero-order chi connectivity index (χ0) is 20.3. The first-order valence-corrected chi connectivity index (χ1v) is 9.33. The van der Waals surface area contributed by atoms with Crippen molar-refractivity contribution in [2.24, 2.45) is 0 Å². The molecule has 0 aromatic heterocycles. The van der Waals surface area contributed by atoms with Crippen molar-refractivity contribution in [2.45, 2.75) is 13.0 Å². The Morgan fingerprint density at radius 1 is 1.29 bits per heavy atom. The fourth-order valence-electron chi connectivity index (χ4n) is 3.32. The van der Waals surface area contributed by atoms with Crippen LogP contribution in [0.3, 0.4) is 0 Å². The van der Waals surface area contributed by atoms with Gasteiger partial charge in [-0.1, -0.05) is 23.7 Å². The van der Waals surface area contributed by atoms with Crippen LogP contribution < -0.4 is 15.1 Å². The van der Waals surface area contributed by atoms with Gasteiger partial charge in [0.2, 0.25) is 0 Å². The number of hydrogen-bond donors (Lipinski definition) is 2. The van der Waals surface area contributed by atoms with Gasteiger partial charge in [-0.05, 0) is 25.1 Å². The third-order valence-electron chi connectivity index (χ3n) is 5.03. The van der Waals surface area contributed by atoms with Crippen molar-refractivity contribution in [1.29, 1.82) is 0 Å². The van der Waals surface area contributed by atoms with Gasteiger partial charge in [0.05, 0.1) is 47.5 Å². The molecule has 2 N–H and O–H groups in total. The molecule has 0 unspecified atom stereocenters. The second-order valence-corrected chi connectivity index (χ2v) is 7.14. The summed E-state index contributed by atoms with van der Waals surface area (Å²) in [5.74, 6) is -0.463. The summed E-state index contributed by atoms with van der Waals surface area (Å²) in [5, 5.41) is 13.6. The molecule has 0 aliphatic carbocycles. The summed E-state index contributed by atoms with van der Waals surface area (Å²) >= 11 is 6.04. The third-order valence-corrected chi connectivity index (χ3v) is 5.34. The minimum absolute atomic E-state index is 0.120. The second kappa shape index (κ2) is 8.53. The van der Waals surface area contributed by atoms with Crippen LogP contribution in [0.5, 0.6) is 0 Å². The van der Waals surface area contributed by atoms with Crippen molar-refractivity contribution in [3.63, 3.8) is 0 Å². The summed E-state index contributed by atoms with van der Waals surface area (Å²) in [5.41, 5.74) is 0.788. The van der Waals surface area contributed by atoms with Crippen LogP contribution in [0.15, 0.2) is 42.5 Å². The van der Waals surface area contributed by atoms with E-state index in [1.165, 1.54) is 24.3 Å². The molecule has 2 aromatic rings. The molecule has 9 heteroatoms. The molecule has 1 saturated heterocycles. The molecule has 3 rings (SSSR count). The van der Waals surface area contributed by atoms with Crippen LogP contribution >= 0.6 is 11.6 Å². The number of rotatable bonds is 5. The van der Waals surface area contributed by atoms with E-state index in [1.807, 2.05) is 17.9 Å². The van der Waals surface area contributed by atoms with Gasteiger partial charge in [-0.15, -0.1) is 0 Å². The summed E-state index contributed by atoms with van der Waals surface area (Å²) in [6.45, 7) is 4.49. The maximum absolute atomic E-state index is 13.9. The largest absolute Gasteiger partial charge is 0.358 e. The van der Waals surface area contributed by atoms with Crippen LogP contribution in [0, 0.1) is 15.9 Å². The van der Waals surface area contributed by atoms with Crippen molar-refractivity contribution in [3.05, 3.63) is 63.4 Å². The number of benzene rings is 2. The van der Waals surface area contributed by atoms with Crippen molar-refractivity contribution in [1.82, 2.24) is 0 Å². The molecule has 148 valence electrons. The van der Waals surface area contributed by atoms with Crippen molar-refractivity contribution < 1.29 is 19.0 Å². The van der Waals surface area contributed by atoms with Crippen molar-refractivity contribution in [2.75, 3.05) is 36.4 Å². The number of nitro groups is 1. The number of nitro benzene ring substituents is 1. The van der Waals surface area contributed by atoms with Crippen LogP contribution in [0.4, 0.5) is 21.5 Å². The van der Waals surface area contributed by atoms with E-state index in [-0.39, 0.29) is 28.5 Å². The van der Waals surface area contributed by atoms with Gasteiger partial charge >= 0.3 is 0 Å². The summed E-state index contributed by atoms with van der Waals surface area (Å²) < 4.78 is 13.9. The number of carbonyl (C=O) groups excluding carboxylic acids is 1. The second-order valence-electron chi connectivity index (χ2n) is 6.73. The molecule has 1 heterocycles. The van der Waals surface area contributed by atoms with E-state index in [9.17, 15) is 19.3 Å². The Kier molecular flexibility index (Phi) is 6.11. The molecule has 1 aliphatic rings. The monoisotopic (exact) mass is 407 g/mol. The normalized spacial score (nSPS) is 15.9. The molecule has 2 aromatic carbocycles. The quantitative estimate of drug-likeness (QED) is 0.587. The van der Waals surface area contributed by atoms with Crippen LogP contribution in [0.1, 0.15) is 6.92 Å². The van der Waals surface area contributed by atoms with Gasteiger partial charge in [0.25, 0.3) is 11.6 Å². The number of hydrogen-bond acceptors (Lipinski definition) is 4. The molecular formula is C19H21ClFN4O3+. The van der Waals surface area contributed by atoms with E-state index in [2.05, 4.69) is 5.32 Å². The Morgan fingerprint density at radius 3 is 2.57 bits per heavy atom. The average Bonchev–Trinajstić information content (AvgIpc) is 2.69. The fraction of sp³-hybridized carbons (Fsp3) is 0.316. The molecule has 0 bridgehead atoms. The number of para-hydroxylation sites is 1. The molecule has 1 aliphatic heterocycles. The van der Waals surface area contributed by atoms with Gasteiger partial charge in [-0.2, -0.15) is 0 Å². The van der Waals surface area contributed by atoms with Crippen LogP contribution in [0.2, 0.25) is 5.02 Å². The zero-order valence-electron chi connectivity index (χ0n) is 15.3. The van der Waals surface area contributed by atoms with E-state index in [4.69, 9.17) is 11.6 Å². The van der Waals surface area contributed by atoms with Crippen LogP contribution in [-0.4, -0.2) is 43.1 Å². The van der Waals surface area contributed by atoms with Crippen molar-refractivity contribution in [3.8, 4) is 0 Å². The average molecular weight is 408 g/mol. The summed E-state index contributed by atoms with van der Waals surface area (Å²) in [6.07, 6.45) is 0. The van der Waals surface area contributed by atoms with E-state index in [0.717, 1.165) is 4.90 Å². The highest BCUT2D eigenvalue weighted by molar-refractivity contribution is 6.34. The molecule has 0 spiro atoms. The minimum atomic E-state index is -0.542. The van der Waals surface area contributed by atoms with Gasteiger partial charge < -0.3 is 15.1 Å². The Labute approximate surface area is 166 Å². The summed E-state index contributed by atoms with van der Waals surface area (Å²) in [6, 6.07) is 10.3. The number of carbonyl (C=O) groups is 1. The molecule has 28 heavy (non-hydrogen) atoms. The minimum Gasteiger partial charge on any atom is -0.358 e. The van der Waals surface area contributed by atoms with Crippen LogP contribution in [0.25, 0.3) is 0 Å². The SMILES string of the molecule is C[C@H](C(=O)Nc1ccc([N+](=O)[O-])cc1Cl)[NH+]1CCN(c2ccccc2F)CC1. The number of amides is 1. The topological polar surface area (TPSA) is 79.9 Å². The fourth-order valence-corrected chi connectivity index (χ4v) is 3.54. The number of non-ortho nitro benzene ring substituents is 1. The maximum Gasteiger partial charge on any atom is 0.282 e. The molecular weight excluding hydrogens is 387 g/mol. The van der Waals surface area contributed by atoms with Gasteiger partial charge in [-0.3, -0.25) is 14.9 Å². The third kappa shape index (κ3) is 4.40. The number of nitrogens with one attached hydrogen (secondary N) is 2. The lowest BCUT2D eigenvalue weighted by Gasteiger charge is -2.36. The maximum atomic E-state index is 13.9. The predicted molar refractivity (Wildman–Crippen MR) is 106 cm³/mol. The lowest BCUT2D eigenvalue weighted by atomic mass is 10.2. The first-order chi connectivity index (χ1) is 13.4. The van der Waals surface area contributed by atoms with E-state index < -0.39 is 4.92 Å². The summed E-state index contributed by atoms with van der Waals surface area (Å²) in [4.78, 5) is 25.9. The Bertz CT molecular complexity index is 887. The number of halogens is 2. The Morgan fingerprint density at radius 2 is 1.96 bits per heavy atom. The predicted octanol–water partition coefficient (Wildman–Crippen LogP) is 2.12. The number of piperazine rings is 1. The molecule has 7 nitrogen and oxygen atoms in total. The highest BCUT2D eigenvalue weighted by atomic mass is 35.5. The molecule has 0 saturated carbocycles. The Hall–Kier alpha value is -2.71. The van der Waals surface area contributed by atoms with Gasteiger partial charge in [0.1, 0.15) is 5.82 Å². The smallest absolute Gasteiger partial charge is 0.282 e. The molecule has 1 fully saturated rings. The zero-order valence-corrected chi connectivity index (χ0v) is 16.1. The molecule has 1 amide bonds. The molecule has 1 atom stereocenters. The number of nitrogens with zero attached hydrogens (tertiary/aromatic N) is 2. The van der Waals surface area contributed by atoms with E-state index in [0.29, 0.717) is 37.6 Å². The van der Waals surface area contributed by atoms with Gasteiger partial charge in [0, 0.05) is 12.1 Å². The Balaban J connectivity index is 1.59. The number of quaternary nitrogens is 1. The first-order valence-electron chi connectivity index (χ1n) is 8.95. The van der Waals surface area contributed by atoms with Crippen LogP contribution in [-0.2, 0) is 4.79 Å². The van der Waals surface area contributed by atoms with E-state index >= 15 is 0 Å². The van der Waals surface area contributed by atoms with Gasteiger partial charge in [-0.25, -0.2) is 4.39 Å². The lowest BCUT2D eigenvalue weighted by Crippen LogP contribution is -3.19. The highest BCUT2D eigenvalue weighted by Gasteiger charge is 2.30. The lowest BCUT2D eigenvalue weighted by molar-refractivity contribution is -0.914. The van der Waals surface area contributed by atoms with Gasteiger partial charge in [0.15, 0.2) is 6.04 Å². The number of anilines is 2. The first kappa shape index (κ1) is 20.0. The highest BCUT2D eigenvalue weighted by Crippen LogP contribution is 2.26. The molecule has 0 radical (unpaired) electrons. The van der Waals surface area contributed by atoms with E-state index in [1.54, 1.807) is 12.1 Å².